The van der Waals surface area contributed by atoms with Gasteiger partial charge in [-0.25, -0.2) is 5.43 Å². The predicted molar refractivity (Wildman–Crippen MR) is 46.1 cm³/mol. The van der Waals surface area contributed by atoms with Gasteiger partial charge in [-0.3, -0.25) is 14.4 Å². The van der Waals surface area contributed by atoms with Crippen LogP contribution in [0.25, 0.3) is 0 Å². The van der Waals surface area contributed by atoms with E-state index in [9.17, 15) is 27.6 Å². The summed E-state index contributed by atoms with van der Waals surface area (Å²) in [6.45, 7) is 1.09. The highest BCUT2D eigenvalue weighted by Gasteiger charge is 2.38. The summed E-state index contributed by atoms with van der Waals surface area (Å²) in [5.41, 5.74) is 5.82. The van der Waals surface area contributed by atoms with Crippen molar-refractivity contribution in [1.29, 1.82) is 0 Å². The maximum Gasteiger partial charge on any atom is 0.450 e. The van der Waals surface area contributed by atoms with Crippen molar-refractivity contribution >= 4 is 23.3 Å². The zero-order valence-corrected chi connectivity index (χ0v) is 8.09. The molecular weight excluding hydrogens is 231 g/mol. The maximum absolute atomic E-state index is 11.8. The van der Waals surface area contributed by atoms with Crippen LogP contribution in [0.3, 0.4) is 0 Å². The number of hydrogen-bond donors (Lipinski definition) is 2. The van der Waals surface area contributed by atoms with Crippen molar-refractivity contribution in [3.8, 4) is 0 Å². The SMILES string of the molecule is CC(CC(=O)C(F)(F)F)=NNC(=O)C(N)=O. The van der Waals surface area contributed by atoms with Crippen LogP contribution in [0, 0.1) is 0 Å². The van der Waals surface area contributed by atoms with Crippen molar-refractivity contribution in [1.82, 2.24) is 5.43 Å². The van der Waals surface area contributed by atoms with Gasteiger partial charge in [-0.15, -0.1) is 0 Å². The number of nitrogens with zero attached hydrogens (tertiary/aromatic N) is 1. The van der Waals surface area contributed by atoms with E-state index in [0.717, 1.165) is 6.92 Å². The van der Waals surface area contributed by atoms with Crippen molar-refractivity contribution in [2.24, 2.45) is 10.8 Å². The molecule has 0 fully saturated rings. The molecule has 0 spiro atoms. The first-order chi connectivity index (χ1) is 7.14. The number of nitrogens with one attached hydrogen (secondary N) is 1. The van der Waals surface area contributed by atoms with Gasteiger partial charge in [-0.2, -0.15) is 18.3 Å². The molecule has 0 atom stereocenters. The van der Waals surface area contributed by atoms with Gasteiger partial charge in [0.15, 0.2) is 0 Å². The minimum Gasteiger partial charge on any atom is -0.361 e. The summed E-state index contributed by atoms with van der Waals surface area (Å²) < 4.78 is 35.3. The number of ketones is 1. The van der Waals surface area contributed by atoms with Gasteiger partial charge in [-0.1, -0.05) is 0 Å². The molecule has 0 aromatic carbocycles. The number of hydrazone groups is 1. The molecule has 0 aromatic heterocycles. The Morgan fingerprint density at radius 3 is 2.19 bits per heavy atom. The highest BCUT2D eigenvalue weighted by Crippen LogP contribution is 2.17. The molecule has 0 saturated carbocycles. The van der Waals surface area contributed by atoms with Crippen LogP contribution in [-0.4, -0.2) is 29.5 Å². The standard InChI is InChI=1S/C7H8F3N3O3/c1-3(2-4(14)7(8,9)10)12-13-6(16)5(11)15/h2H2,1H3,(H2,11,15)(H,13,16). The Balaban J connectivity index is 4.32. The van der Waals surface area contributed by atoms with E-state index >= 15 is 0 Å². The third-order valence-corrected chi connectivity index (χ3v) is 1.30. The van der Waals surface area contributed by atoms with Crippen molar-refractivity contribution in [3.05, 3.63) is 0 Å². The first kappa shape index (κ1) is 14.1. The van der Waals surface area contributed by atoms with Gasteiger partial charge in [0.25, 0.3) is 0 Å². The Kier molecular flexibility index (Phi) is 4.60. The van der Waals surface area contributed by atoms with E-state index in [1.807, 2.05) is 0 Å². The Labute approximate surface area is 87.7 Å². The number of alkyl halides is 3. The Morgan fingerprint density at radius 1 is 1.31 bits per heavy atom. The van der Waals surface area contributed by atoms with E-state index < -0.39 is 30.2 Å². The van der Waals surface area contributed by atoms with E-state index in [1.54, 1.807) is 5.43 Å². The van der Waals surface area contributed by atoms with Gasteiger partial charge in [0.2, 0.25) is 5.78 Å². The third-order valence-electron chi connectivity index (χ3n) is 1.30. The van der Waals surface area contributed by atoms with E-state index in [-0.39, 0.29) is 5.71 Å². The van der Waals surface area contributed by atoms with Gasteiger partial charge >= 0.3 is 18.0 Å². The largest absolute Gasteiger partial charge is 0.450 e. The molecule has 0 aliphatic heterocycles. The summed E-state index contributed by atoms with van der Waals surface area (Å²) in [4.78, 5) is 31.2. The van der Waals surface area contributed by atoms with Gasteiger partial charge in [-0.05, 0) is 6.92 Å². The molecule has 0 radical (unpaired) electrons. The van der Waals surface area contributed by atoms with Crippen LogP contribution < -0.4 is 11.2 Å². The molecule has 0 heterocycles. The Bertz CT molecular complexity index is 349. The number of amides is 2. The lowest BCUT2D eigenvalue weighted by molar-refractivity contribution is -0.169. The molecule has 0 aromatic rings. The van der Waals surface area contributed by atoms with Gasteiger partial charge < -0.3 is 5.73 Å². The molecule has 9 heteroatoms. The molecule has 0 aliphatic carbocycles. The molecule has 0 aliphatic rings. The lowest BCUT2D eigenvalue weighted by Crippen LogP contribution is -2.34. The number of rotatable bonds is 3. The summed E-state index contributed by atoms with van der Waals surface area (Å²) in [5.74, 6) is -4.61. The third kappa shape index (κ3) is 5.08. The molecule has 0 saturated heterocycles. The average Bonchev–Trinajstić information content (AvgIpc) is 2.12. The van der Waals surface area contributed by atoms with Gasteiger partial charge in [0.05, 0.1) is 6.42 Å². The van der Waals surface area contributed by atoms with E-state index in [4.69, 9.17) is 0 Å². The fourth-order valence-corrected chi connectivity index (χ4v) is 0.573. The summed E-state index contributed by atoms with van der Waals surface area (Å²) in [6.07, 6.45) is -5.95. The minimum absolute atomic E-state index is 0.295. The number of carbonyl (C=O) groups is 3. The minimum atomic E-state index is -4.95. The van der Waals surface area contributed by atoms with Crippen molar-refractivity contribution in [3.63, 3.8) is 0 Å². The molecular formula is C7H8F3N3O3. The van der Waals surface area contributed by atoms with Gasteiger partial charge in [0.1, 0.15) is 0 Å². The maximum atomic E-state index is 11.8. The highest BCUT2D eigenvalue weighted by molar-refractivity contribution is 6.34. The zero-order valence-electron chi connectivity index (χ0n) is 8.09. The van der Waals surface area contributed by atoms with Crippen LogP contribution in [0.5, 0.6) is 0 Å². The fourth-order valence-electron chi connectivity index (χ4n) is 0.573. The zero-order chi connectivity index (χ0) is 12.9. The fraction of sp³-hybridized carbons (Fsp3) is 0.429. The summed E-state index contributed by atoms with van der Waals surface area (Å²) >= 11 is 0. The van der Waals surface area contributed by atoms with Crippen LogP contribution >= 0.6 is 0 Å². The van der Waals surface area contributed by atoms with Crippen molar-refractivity contribution < 1.29 is 27.6 Å². The second-order valence-corrected chi connectivity index (χ2v) is 2.75. The van der Waals surface area contributed by atoms with Crippen LogP contribution in [0.4, 0.5) is 13.2 Å². The van der Waals surface area contributed by atoms with E-state index in [2.05, 4.69) is 10.8 Å². The van der Waals surface area contributed by atoms with Crippen molar-refractivity contribution in [2.45, 2.75) is 19.5 Å². The summed E-state index contributed by atoms with van der Waals surface area (Å²) in [5, 5.41) is 3.09. The van der Waals surface area contributed by atoms with Crippen LogP contribution in [0.2, 0.25) is 0 Å². The molecule has 16 heavy (non-hydrogen) atoms. The molecule has 0 bridgehead atoms. The number of nitrogens with two attached hydrogens (primary N) is 1. The molecule has 6 nitrogen and oxygen atoms in total. The number of halogens is 3. The predicted octanol–water partition coefficient (Wildman–Crippen LogP) is -0.515. The smallest absolute Gasteiger partial charge is 0.361 e. The Morgan fingerprint density at radius 2 is 1.81 bits per heavy atom. The first-order valence-electron chi connectivity index (χ1n) is 3.87. The molecule has 0 rings (SSSR count). The number of Topliss-reactive ketones (excluding diaryl/α,β-unsaturated/α-hetero) is 1. The molecule has 0 unspecified atom stereocenters. The second-order valence-electron chi connectivity index (χ2n) is 2.75. The van der Waals surface area contributed by atoms with Crippen molar-refractivity contribution in [2.75, 3.05) is 0 Å². The number of carbonyl (C=O) groups excluding carboxylic acids is 3. The van der Waals surface area contributed by atoms with Gasteiger partial charge in [0, 0.05) is 5.71 Å². The molecule has 2 amide bonds. The normalized spacial score (nSPS) is 12.1. The summed E-state index contributed by atoms with van der Waals surface area (Å²) in [6, 6.07) is 0. The average molecular weight is 239 g/mol. The first-order valence-corrected chi connectivity index (χ1v) is 3.87. The second kappa shape index (κ2) is 5.24. The Hall–Kier alpha value is -1.93. The topological polar surface area (TPSA) is 102 Å². The lowest BCUT2D eigenvalue weighted by atomic mass is 10.2. The quantitative estimate of drug-likeness (QED) is 0.393. The van der Waals surface area contributed by atoms with E-state index in [1.165, 1.54) is 0 Å². The van der Waals surface area contributed by atoms with Crippen LogP contribution in [0.15, 0.2) is 5.10 Å². The number of primary amides is 1. The lowest BCUT2D eigenvalue weighted by Gasteiger charge is -2.04. The highest BCUT2D eigenvalue weighted by atomic mass is 19.4. The number of hydrogen-bond acceptors (Lipinski definition) is 4. The van der Waals surface area contributed by atoms with Crippen LogP contribution in [-0.2, 0) is 14.4 Å². The molecule has 90 valence electrons. The van der Waals surface area contributed by atoms with Crippen LogP contribution in [0.1, 0.15) is 13.3 Å². The van der Waals surface area contributed by atoms with E-state index in [0.29, 0.717) is 0 Å². The molecule has 3 N–H and O–H groups in total. The summed E-state index contributed by atoms with van der Waals surface area (Å²) in [7, 11) is 0. The monoisotopic (exact) mass is 239 g/mol.